The van der Waals surface area contributed by atoms with Crippen molar-refractivity contribution in [2.45, 2.75) is 38.0 Å². The molecule has 4 heteroatoms. The molecule has 74 valence electrons. The van der Waals surface area contributed by atoms with Gasteiger partial charge in [0.1, 0.15) is 0 Å². The summed E-state index contributed by atoms with van der Waals surface area (Å²) in [5, 5.41) is 18.1. The van der Waals surface area contributed by atoms with E-state index in [0.717, 1.165) is 0 Å². The monoisotopic (exact) mass is 177 g/mol. The highest BCUT2D eigenvalue weighted by Crippen LogP contribution is 2.16. The van der Waals surface area contributed by atoms with Crippen LogP contribution in [0.5, 0.6) is 0 Å². The van der Waals surface area contributed by atoms with Crippen LogP contribution < -0.4 is 5.73 Å². The van der Waals surface area contributed by atoms with Gasteiger partial charge in [0.05, 0.1) is 24.4 Å². The Morgan fingerprint density at radius 3 is 2.33 bits per heavy atom. The molecule has 4 N–H and O–H groups in total. The molecule has 0 saturated carbocycles. The van der Waals surface area contributed by atoms with Gasteiger partial charge in [0.15, 0.2) is 0 Å². The van der Waals surface area contributed by atoms with Gasteiger partial charge in [-0.25, -0.2) is 0 Å². The lowest BCUT2D eigenvalue weighted by Crippen LogP contribution is -2.42. The summed E-state index contributed by atoms with van der Waals surface area (Å²) < 4.78 is 5.11. The van der Waals surface area contributed by atoms with Gasteiger partial charge in [-0.3, -0.25) is 0 Å². The van der Waals surface area contributed by atoms with Gasteiger partial charge in [-0.2, -0.15) is 0 Å². The molecule has 0 aromatic carbocycles. The second kappa shape index (κ2) is 4.77. The number of ether oxygens (including phenoxy) is 1. The molecule has 0 bridgehead atoms. The SMILES string of the molecule is COC(C)(C)CC(O)C(N)CO. The lowest BCUT2D eigenvalue weighted by molar-refractivity contribution is -0.0291. The fourth-order valence-corrected chi connectivity index (χ4v) is 0.860. The van der Waals surface area contributed by atoms with E-state index in [1.807, 2.05) is 13.8 Å². The van der Waals surface area contributed by atoms with E-state index in [2.05, 4.69) is 0 Å². The number of hydrogen-bond acceptors (Lipinski definition) is 4. The molecule has 4 nitrogen and oxygen atoms in total. The zero-order valence-corrected chi connectivity index (χ0v) is 7.95. The average molecular weight is 177 g/mol. The van der Waals surface area contributed by atoms with Crippen LogP contribution in [-0.2, 0) is 4.74 Å². The fourth-order valence-electron chi connectivity index (χ4n) is 0.860. The van der Waals surface area contributed by atoms with Crippen molar-refractivity contribution < 1.29 is 14.9 Å². The highest BCUT2D eigenvalue weighted by molar-refractivity contribution is 4.79. The van der Waals surface area contributed by atoms with E-state index in [-0.39, 0.29) is 6.61 Å². The van der Waals surface area contributed by atoms with Crippen molar-refractivity contribution in [2.24, 2.45) is 5.73 Å². The molecule has 12 heavy (non-hydrogen) atoms. The minimum atomic E-state index is -0.718. The van der Waals surface area contributed by atoms with Crippen molar-refractivity contribution in [3.63, 3.8) is 0 Å². The normalized spacial score (nSPS) is 17.5. The van der Waals surface area contributed by atoms with Crippen LogP contribution in [0.2, 0.25) is 0 Å². The summed E-state index contributed by atoms with van der Waals surface area (Å²) in [5.41, 5.74) is 5.03. The van der Waals surface area contributed by atoms with Crippen LogP contribution in [0.1, 0.15) is 20.3 Å². The zero-order valence-electron chi connectivity index (χ0n) is 7.95. The van der Waals surface area contributed by atoms with Gasteiger partial charge in [0, 0.05) is 13.5 Å². The number of aliphatic hydroxyl groups excluding tert-OH is 2. The van der Waals surface area contributed by atoms with Crippen molar-refractivity contribution in [2.75, 3.05) is 13.7 Å². The average Bonchev–Trinajstić information content (AvgIpc) is 2.02. The van der Waals surface area contributed by atoms with Crippen LogP contribution in [0.4, 0.5) is 0 Å². The van der Waals surface area contributed by atoms with Gasteiger partial charge in [-0.1, -0.05) is 0 Å². The molecule has 0 aliphatic carbocycles. The molecule has 0 rings (SSSR count). The van der Waals surface area contributed by atoms with E-state index < -0.39 is 17.7 Å². The molecular weight excluding hydrogens is 158 g/mol. The van der Waals surface area contributed by atoms with E-state index >= 15 is 0 Å². The maximum atomic E-state index is 9.42. The Hall–Kier alpha value is -0.160. The molecule has 0 radical (unpaired) electrons. The van der Waals surface area contributed by atoms with Crippen LogP contribution in [0.3, 0.4) is 0 Å². The molecule has 0 spiro atoms. The first-order valence-corrected chi connectivity index (χ1v) is 4.02. The summed E-state index contributed by atoms with van der Waals surface area (Å²) in [7, 11) is 1.58. The second-order valence-corrected chi connectivity index (χ2v) is 3.58. The van der Waals surface area contributed by atoms with Crippen LogP contribution in [0.15, 0.2) is 0 Å². The Balaban J connectivity index is 3.90. The predicted molar refractivity (Wildman–Crippen MR) is 46.8 cm³/mol. The minimum absolute atomic E-state index is 0.207. The molecule has 0 aliphatic rings. The largest absolute Gasteiger partial charge is 0.395 e. The standard InChI is InChI=1S/C8H19NO3/c1-8(2,12-3)4-7(11)6(9)5-10/h6-7,10-11H,4-5,9H2,1-3H3. The Bertz CT molecular complexity index is 127. The summed E-state index contributed by atoms with van der Waals surface area (Å²) in [5.74, 6) is 0. The van der Waals surface area contributed by atoms with Gasteiger partial charge in [-0.15, -0.1) is 0 Å². The zero-order chi connectivity index (χ0) is 9.78. The van der Waals surface area contributed by atoms with Crippen LogP contribution >= 0.6 is 0 Å². The van der Waals surface area contributed by atoms with Gasteiger partial charge in [0.2, 0.25) is 0 Å². The van der Waals surface area contributed by atoms with Crippen molar-refractivity contribution in [3.05, 3.63) is 0 Å². The molecule has 0 aromatic heterocycles. The minimum Gasteiger partial charge on any atom is -0.395 e. The van der Waals surface area contributed by atoms with Gasteiger partial charge in [-0.05, 0) is 13.8 Å². The highest BCUT2D eigenvalue weighted by atomic mass is 16.5. The molecule has 2 unspecified atom stereocenters. The molecule has 0 aliphatic heterocycles. The van der Waals surface area contributed by atoms with E-state index in [9.17, 15) is 5.11 Å². The van der Waals surface area contributed by atoms with Crippen molar-refractivity contribution in [1.82, 2.24) is 0 Å². The third-order valence-electron chi connectivity index (χ3n) is 1.96. The molecule has 0 saturated heterocycles. The summed E-state index contributed by atoms with van der Waals surface area (Å²) in [6.45, 7) is 3.52. The van der Waals surface area contributed by atoms with Crippen LogP contribution in [0, 0.1) is 0 Å². The third kappa shape index (κ3) is 4.01. The lowest BCUT2D eigenvalue weighted by Gasteiger charge is -2.27. The number of aliphatic hydroxyl groups is 2. The highest BCUT2D eigenvalue weighted by Gasteiger charge is 2.24. The van der Waals surface area contributed by atoms with Crippen molar-refractivity contribution >= 4 is 0 Å². The van der Waals surface area contributed by atoms with Crippen molar-refractivity contribution in [3.8, 4) is 0 Å². The number of hydrogen-bond donors (Lipinski definition) is 3. The lowest BCUT2D eigenvalue weighted by atomic mass is 9.97. The Morgan fingerprint density at radius 2 is 2.00 bits per heavy atom. The first-order chi connectivity index (χ1) is 5.43. The van der Waals surface area contributed by atoms with E-state index in [4.69, 9.17) is 15.6 Å². The molecule has 2 atom stereocenters. The molecule has 0 fully saturated rings. The molecule has 0 heterocycles. The smallest absolute Gasteiger partial charge is 0.0740 e. The van der Waals surface area contributed by atoms with Gasteiger partial charge >= 0.3 is 0 Å². The van der Waals surface area contributed by atoms with Gasteiger partial charge < -0.3 is 20.7 Å². The van der Waals surface area contributed by atoms with Crippen LogP contribution in [-0.4, -0.2) is 41.7 Å². The first-order valence-electron chi connectivity index (χ1n) is 4.02. The Kier molecular flexibility index (Phi) is 4.70. The van der Waals surface area contributed by atoms with Crippen LogP contribution in [0.25, 0.3) is 0 Å². The van der Waals surface area contributed by atoms with E-state index in [0.29, 0.717) is 6.42 Å². The predicted octanol–water partition coefficient (Wildman–Crippen LogP) is -0.518. The first kappa shape index (κ1) is 11.8. The summed E-state index contributed by atoms with van der Waals surface area (Å²) >= 11 is 0. The molecule has 0 amide bonds. The summed E-state index contributed by atoms with van der Waals surface area (Å²) in [4.78, 5) is 0. The number of methoxy groups -OCH3 is 1. The maximum Gasteiger partial charge on any atom is 0.0740 e. The van der Waals surface area contributed by atoms with E-state index in [1.165, 1.54) is 0 Å². The number of nitrogens with two attached hydrogens (primary N) is 1. The summed E-state index contributed by atoms with van der Waals surface area (Å²) in [6, 6.07) is -0.584. The fraction of sp³-hybridized carbons (Fsp3) is 1.00. The van der Waals surface area contributed by atoms with Crippen molar-refractivity contribution in [1.29, 1.82) is 0 Å². The molecular formula is C8H19NO3. The number of rotatable bonds is 5. The topological polar surface area (TPSA) is 75.7 Å². The van der Waals surface area contributed by atoms with Gasteiger partial charge in [0.25, 0.3) is 0 Å². The quantitative estimate of drug-likeness (QED) is 0.528. The maximum absolute atomic E-state index is 9.42. The second-order valence-electron chi connectivity index (χ2n) is 3.58. The Morgan fingerprint density at radius 1 is 1.50 bits per heavy atom. The Labute approximate surface area is 73.3 Å². The third-order valence-corrected chi connectivity index (χ3v) is 1.96. The van der Waals surface area contributed by atoms with E-state index in [1.54, 1.807) is 7.11 Å². The molecule has 0 aromatic rings. The summed E-state index contributed by atoms with van der Waals surface area (Å²) in [6.07, 6.45) is -0.296.